The second-order valence-electron chi connectivity index (χ2n) is 13.6. The molecule has 54 heavy (non-hydrogen) atoms. The summed E-state index contributed by atoms with van der Waals surface area (Å²) in [7, 11) is 0. The summed E-state index contributed by atoms with van der Waals surface area (Å²) in [5.74, 6) is 1.82. The molecular weight excluding hydrogens is 679 g/mol. The first-order chi connectivity index (χ1) is 26.7. The summed E-state index contributed by atoms with van der Waals surface area (Å²) in [4.78, 5) is 15.5. The van der Waals surface area contributed by atoms with Gasteiger partial charge in [0.15, 0.2) is 17.5 Å². The Balaban J connectivity index is 1.10. The summed E-state index contributed by atoms with van der Waals surface area (Å²) in [5.41, 5.74) is 8.84. The number of aromatic nitrogens is 3. The molecule has 0 radical (unpaired) electrons. The lowest BCUT2D eigenvalue weighted by molar-refractivity contribution is 0.669. The summed E-state index contributed by atoms with van der Waals surface area (Å²) < 4.78 is 8.96. The number of benzene rings is 8. The van der Waals surface area contributed by atoms with Crippen LogP contribution in [-0.4, -0.2) is 15.0 Å². The van der Waals surface area contributed by atoms with E-state index in [0.29, 0.717) is 17.5 Å². The van der Waals surface area contributed by atoms with Crippen LogP contribution >= 0.6 is 11.3 Å². The lowest BCUT2D eigenvalue weighted by Gasteiger charge is -2.11. The van der Waals surface area contributed by atoms with Crippen molar-refractivity contribution in [2.75, 3.05) is 0 Å². The Morgan fingerprint density at radius 2 is 0.981 bits per heavy atom. The van der Waals surface area contributed by atoms with Crippen molar-refractivity contribution in [3.8, 4) is 56.4 Å². The standard InChI is InChI=1S/C49H29N3OS/c1-2-11-32(12-3-1)41-27-37(28-43-46(41)40-15-6-8-16-42(40)53-43)49-51-47(33-21-18-31(19-22-33)35-23-20-30-10-4-5-13-34(30)26-35)50-48(52-49)36-24-25-39-38-14-7-9-17-44(38)54-45(39)29-36/h1-29H. The average Bonchev–Trinajstić information content (AvgIpc) is 3.81. The molecule has 0 N–H and O–H groups in total. The van der Waals surface area contributed by atoms with Crippen molar-refractivity contribution in [3.05, 3.63) is 176 Å². The SMILES string of the molecule is c1ccc(-c2cc(-c3nc(-c4ccc(-c5ccc6ccccc6c5)cc4)nc(-c4ccc5c(c4)sc4ccccc45)n3)cc3oc4ccccc4c23)cc1. The highest BCUT2D eigenvalue weighted by Gasteiger charge is 2.19. The molecule has 11 rings (SSSR count). The van der Waals surface area contributed by atoms with E-state index in [1.54, 1.807) is 11.3 Å². The molecule has 252 valence electrons. The Morgan fingerprint density at radius 1 is 0.352 bits per heavy atom. The Bertz CT molecular complexity index is 3220. The number of nitrogens with zero attached hydrogens (tertiary/aromatic N) is 3. The fraction of sp³-hybridized carbons (Fsp3) is 0. The van der Waals surface area contributed by atoms with Crippen molar-refractivity contribution in [1.29, 1.82) is 0 Å². The summed E-state index contributed by atoms with van der Waals surface area (Å²) in [6.45, 7) is 0. The molecule has 0 fully saturated rings. The van der Waals surface area contributed by atoms with Gasteiger partial charge in [-0.3, -0.25) is 0 Å². The lowest BCUT2D eigenvalue weighted by atomic mass is 9.96. The minimum absolute atomic E-state index is 0.588. The molecule has 4 nitrogen and oxygen atoms in total. The fourth-order valence-corrected chi connectivity index (χ4v) is 8.78. The minimum Gasteiger partial charge on any atom is -0.456 e. The normalized spacial score (nSPS) is 11.7. The first-order valence-corrected chi connectivity index (χ1v) is 18.8. The maximum Gasteiger partial charge on any atom is 0.164 e. The van der Waals surface area contributed by atoms with E-state index in [4.69, 9.17) is 19.4 Å². The first-order valence-electron chi connectivity index (χ1n) is 18.0. The summed E-state index contributed by atoms with van der Waals surface area (Å²) in [5, 5.41) is 7.11. The summed E-state index contributed by atoms with van der Waals surface area (Å²) in [6, 6.07) is 61.6. The molecule has 5 heteroatoms. The number of hydrogen-bond acceptors (Lipinski definition) is 5. The molecule has 8 aromatic carbocycles. The number of hydrogen-bond donors (Lipinski definition) is 0. The van der Waals surface area contributed by atoms with E-state index < -0.39 is 0 Å². The van der Waals surface area contributed by atoms with Gasteiger partial charge in [-0.15, -0.1) is 11.3 Å². The van der Waals surface area contributed by atoms with Crippen LogP contribution in [0.4, 0.5) is 0 Å². The van der Waals surface area contributed by atoms with Gasteiger partial charge in [0.05, 0.1) is 0 Å². The second-order valence-corrected chi connectivity index (χ2v) is 14.7. The molecule has 0 atom stereocenters. The average molecular weight is 708 g/mol. The number of furan rings is 1. The molecule has 3 aromatic heterocycles. The van der Waals surface area contributed by atoms with E-state index in [9.17, 15) is 0 Å². The Labute approximate surface area is 314 Å². The molecule has 0 saturated carbocycles. The zero-order valence-corrected chi connectivity index (χ0v) is 29.7. The molecule has 0 saturated heterocycles. The van der Waals surface area contributed by atoms with Crippen LogP contribution in [0.2, 0.25) is 0 Å². The summed E-state index contributed by atoms with van der Waals surface area (Å²) >= 11 is 1.79. The molecule has 0 bridgehead atoms. The highest BCUT2D eigenvalue weighted by Crippen LogP contribution is 2.41. The molecule has 0 unspecified atom stereocenters. The van der Waals surface area contributed by atoms with Gasteiger partial charge >= 0.3 is 0 Å². The zero-order chi connectivity index (χ0) is 35.6. The highest BCUT2D eigenvalue weighted by molar-refractivity contribution is 7.25. The van der Waals surface area contributed by atoms with E-state index in [2.05, 4.69) is 158 Å². The van der Waals surface area contributed by atoms with E-state index in [0.717, 1.165) is 55.3 Å². The topological polar surface area (TPSA) is 51.8 Å². The molecule has 3 heterocycles. The third kappa shape index (κ3) is 5.17. The van der Waals surface area contributed by atoms with Gasteiger partial charge in [-0.25, -0.2) is 15.0 Å². The highest BCUT2D eigenvalue weighted by atomic mass is 32.1. The third-order valence-electron chi connectivity index (χ3n) is 10.3. The predicted octanol–water partition coefficient (Wildman–Crippen LogP) is 13.6. The molecule has 0 aliphatic rings. The quantitative estimate of drug-likeness (QED) is 0.179. The van der Waals surface area contributed by atoms with E-state index in [1.165, 1.54) is 36.5 Å². The van der Waals surface area contributed by atoms with Crippen LogP contribution < -0.4 is 0 Å². The molecule has 0 amide bonds. The van der Waals surface area contributed by atoms with Crippen molar-refractivity contribution >= 4 is 64.2 Å². The largest absolute Gasteiger partial charge is 0.456 e. The fourth-order valence-electron chi connectivity index (χ4n) is 7.64. The van der Waals surface area contributed by atoms with Gasteiger partial charge in [0.1, 0.15) is 11.2 Å². The maximum absolute atomic E-state index is 6.50. The lowest BCUT2D eigenvalue weighted by Crippen LogP contribution is -2.00. The third-order valence-corrected chi connectivity index (χ3v) is 11.5. The van der Waals surface area contributed by atoms with Crippen LogP contribution in [0.1, 0.15) is 0 Å². The molecular formula is C49H29N3OS. The smallest absolute Gasteiger partial charge is 0.164 e. The molecule has 11 aromatic rings. The van der Waals surface area contributed by atoms with Gasteiger partial charge in [-0.2, -0.15) is 0 Å². The number of rotatable bonds is 5. The van der Waals surface area contributed by atoms with Gasteiger partial charge in [0.25, 0.3) is 0 Å². The minimum atomic E-state index is 0.588. The number of thiophene rings is 1. The Morgan fingerprint density at radius 3 is 1.83 bits per heavy atom. The zero-order valence-electron chi connectivity index (χ0n) is 28.9. The van der Waals surface area contributed by atoms with Crippen LogP contribution in [0.25, 0.3) is 109 Å². The van der Waals surface area contributed by atoms with Crippen molar-refractivity contribution in [2.24, 2.45) is 0 Å². The Kier molecular flexibility index (Phi) is 7.00. The number of fused-ring (bicyclic) bond motifs is 7. The summed E-state index contributed by atoms with van der Waals surface area (Å²) in [6.07, 6.45) is 0. The molecule has 0 aliphatic carbocycles. The van der Waals surface area contributed by atoms with Crippen LogP contribution in [0, 0.1) is 0 Å². The number of para-hydroxylation sites is 1. The maximum atomic E-state index is 6.50. The van der Waals surface area contributed by atoms with Crippen molar-refractivity contribution in [3.63, 3.8) is 0 Å². The van der Waals surface area contributed by atoms with Gasteiger partial charge < -0.3 is 4.42 Å². The van der Waals surface area contributed by atoms with E-state index in [1.807, 2.05) is 18.2 Å². The molecule has 0 aliphatic heterocycles. The monoisotopic (exact) mass is 707 g/mol. The van der Waals surface area contributed by atoms with Gasteiger partial charge in [-0.1, -0.05) is 140 Å². The molecule has 0 spiro atoms. The van der Waals surface area contributed by atoms with Crippen molar-refractivity contribution in [1.82, 2.24) is 15.0 Å². The van der Waals surface area contributed by atoms with E-state index >= 15 is 0 Å². The predicted molar refractivity (Wildman–Crippen MR) is 225 cm³/mol. The van der Waals surface area contributed by atoms with Crippen molar-refractivity contribution < 1.29 is 4.42 Å². The van der Waals surface area contributed by atoms with Crippen LogP contribution in [0.5, 0.6) is 0 Å². The van der Waals surface area contributed by atoms with Crippen LogP contribution in [-0.2, 0) is 0 Å². The van der Waals surface area contributed by atoms with Gasteiger partial charge in [-0.05, 0) is 69.4 Å². The Hall–Kier alpha value is -6.95. The van der Waals surface area contributed by atoms with Crippen molar-refractivity contribution in [2.45, 2.75) is 0 Å². The van der Waals surface area contributed by atoms with Gasteiger partial charge in [0.2, 0.25) is 0 Å². The van der Waals surface area contributed by atoms with Crippen LogP contribution in [0.15, 0.2) is 180 Å². The van der Waals surface area contributed by atoms with Crippen LogP contribution in [0.3, 0.4) is 0 Å². The van der Waals surface area contributed by atoms with E-state index in [-0.39, 0.29) is 0 Å². The first kappa shape index (κ1) is 30.7. The van der Waals surface area contributed by atoms with Gasteiger partial charge in [0, 0.05) is 47.6 Å². The second kappa shape index (κ2) is 12.3.